The van der Waals surface area contributed by atoms with Crippen molar-refractivity contribution in [1.29, 1.82) is 0 Å². The van der Waals surface area contributed by atoms with Crippen molar-refractivity contribution < 1.29 is 19.1 Å². The van der Waals surface area contributed by atoms with Crippen LogP contribution >= 0.6 is 23.1 Å². The van der Waals surface area contributed by atoms with E-state index in [1.54, 1.807) is 18.2 Å². The summed E-state index contributed by atoms with van der Waals surface area (Å²) in [6, 6.07) is 5.29. The molecule has 0 bridgehead atoms. The fourth-order valence-corrected chi connectivity index (χ4v) is 4.19. The van der Waals surface area contributed by atoms with E-state index in [0.717, 1.165) is 12.8 Å². The van der Waals surface area contributed by atoms with Gasteiger partial charge in [0.15, 0.2) is 15.8 Å². The lowest BCUT2D eigenvalue weighted by Crippen LogP contribution is -2.21. The highest BCUT2D eigenvalue weighted by atomic mass is 32.2. The Kier molecular flexibility index (Phi) is 7.10. The minimum Gasteiger partial charge on any atom is -0.486 e. The number of aromatic nitrogens is 2. The van der Waals surface area contributed by atoms with E-state index < -0.39 is 0 Å². The van der Waals surface area contributed by atoms with E-state index in [2.05, 4.69) is 20.8 Å². The molecule has 0 atom stereocenters. The van der Waals surface area contributed by atoms with Crippen molar-refractivity contribution in [2.75, 3.05) is 29.6 Å². The van der Waals surface area contributed by atoms with Crippen LogP contribution in [0.1, 0.15) is 26.7 Å². The third kappa shape index (κ3) is 5.35. The Labute approximate surface area is 171 Å². The monoisotopic (exact) mass is 422 g/mol. The van der Waals surface area contributed by atoms with Crippen molar-refractivity contribution >= 4 is 45.7 Å². The molecule has 1 aliphatic rings. The second-order valence-corrected chi connectivity index (χ2v) is 8.27. The van der Waals surface area contributed by atoms with Crippen LogP contribution in [0.15, 0.2) is 22.5 Å². The van der Waals surface area contributed by atoms with E-state index in [1.807, 2.05) is 13.8 Å². The second kappa shape index (κ2) is 9.74. The standard InChI is InChI=1S/C18H22N4O4S2/c1-3-11(4-2)16(24)20-17-21-22-18(28-17)27-10-15(23)19-12-5-6-13-14(9-12)26-8-7-25-13/h5-6,9,11H,3-4,7-8,10H2,1-2H3,(H,19,23)(H,20,21,24). The van der Waals surface area contributed by atoms with Gasteiger partial charge in [-0.05, 0) is 25.0 Å². The first-order valence-corrected chi connectivity index (χ1v) is 10.9. The summed E-state index contributed by atoms with van der Waals surface area (Å²) in [5, 5.41) is 14.0. The Morgan fingerprint density at radius 1 is 1.14 bits per heavy atom. The maximum Gasteiger partial charge on any atom is 0.234 e. The number of fused-ring (bicyclic) bond motifs is 1. The molecule has 2 heterocycles. The van der Waals surface area contributed by atoms with E-state index in [1.165, 1.54) is 23.1 Å². The highest BCUT2D eigenvalue weighted by Crippen LogP contribution is 2.33. The molecule has 1 aromatic carbocycles. The highest BCUT2D eigenvalue weighted by Gasteiger charge is 2.17. The number of amides is 2. The van der Waals surface area contributed by atoms with Crippen LogP contribution in [-0.2, 0) is 9.59 Å². The first kappa shape index (κ1) is 20.4. The number of rotatable bonds is 8. The summed E-state index contributed by atoms with van der Waals surface area (Å²) in [5.74, 6) is 1.24. The van der Waals surface area contributed by atoms with Gasteiger partial charge in [0.05, 0.1) is 5.75 Å². The Morgan fingerprint density at radius 2 is 1.89 bits per heavy atom. The van der Waals surface area contributed by atoms with Gasteiger partial charge in [-0.2, -0.15) is 0 Å². The molecular formula is C18H22N4O4S2. The Bertz CT molecular complexity index is 839. The van der Waals surface area contributed by atoms with Gasteiger partial charge in [0.2, 0.25) is 16.9 Å². The van der Waals surface area contributed by atoms with Gasteiger partial charge in [0.25, 0.3) is 0 Å². The van der Waals surface area contributed by atoms with E-state index in [4.69, 9.17) is 9.47 Å². The predicted octanol–water partition coefficient (Wildman–Crippen LogP) is 3.41. The molecule has 150 valence electrons. The first-order chi connectivity index (χ1) is 13.6. The summed E-state index contributed by atoms with van der Waals surface area (Å²) in [6.07, 6.45) is 1.56. The molecule has 0 spiro atoms. The zero-order valence-corrected chi connectivity index (χ0v) is 17.3. The molecule has 2 amide bonds. The Morgan fingerprint density at radius 3 is 2.64 bits per heavy atom. The molecule has 0 radical (unpaired) electrons. The van der Waals surface area contributed by atoms with Gasteiger partial charge in [-0.15, -0.1) is 10.2 Å². The summed E-state index contributed by atoms with van der Waals surface area (Å²) in [5.41, 5.74) is 0.644. The fraction of sp³-hybridized carbons (Fsp3) is 0.444. The number of nitrogens with one attached hydrogen (secondary N) is 2. The molecule has 28 heavy (non-hydrogen) atoms. The number of anilines is 2. The fourth-order valence-electron chi connectivity index (χ4n) is 2.63. The second-order valence-electron chi connectivity index (χ2n) is 6.07. The summed E-state index contributed by atoms with van der Waals surface area (Å²) < 4.78 is 11.6. The lowest BCUT2D eigenvalue weighted by atomic mass is 10.0. The predicted molar refractivity (Wildman–Crippen MR) is 109 cm³/mol. The van der Waals surface area contributed by atoms with Crippen molar-refractivity contribution in [3.63, 3.8) is 0 Å². The number of hydrogen-bond acceptors (Lipinski definition) is 8. The van der Waals surface area contributed by atoms with E-state index in [0.29, 0.717) is 39.9 Å². The molecule has 0 fully saturated rings. The average molecular weight is 423 g/mol. The van der Waals surface area contributed by atoms with Gasteiger partial charge in [-0.3, -0.25) is 9.59 Å². The number of thioether (sulfide) groups is 1. The summed E-state index contributed by atoms with van der Waals surface area (Å²) >= 11 is 2.53. The zero-order chi connectivity index (χ0) is 19.9. The quantitative estimate of drug-likeness (QED) is 0.496. The Hall–Kier alpha value is -2.33. The van der Waals surface area contributed by atoms with Crippen LogP contribution in [0.3, 0.4) is 0 Å². The average Bonchev–Trinajstić information content (AvgIpc) is 3.14. The van der Waals surface area contributed by atoms with Gasteiger partial charge < -0.3 is 20.1 Å². The van der Waals surface area contributed by atoms with Crippen molar-refractivity contribution in [2.24, 2.45) is 5.92 Å². The van der Waals surface area contributed by atoms with Gasteiger partial charge in [0, 0.05) is 17.7 Å². The third-order valence-electron chi connectivity index (χ3n) is 4.15. The molecule has 1 aromatic heterocycles. The minimum absolute atomic E-state index is 0.0308. The largest absolute Gasteiger partial charge is 0.486 e. The number of benzene rings is 1. The van der Waals surface area contributed by atoms with Crippen LogP contribution in [-0.4, -0.2) is 41.0 Å². The van der Waals surface area contributed by atoms with Gasteiger partial charge in [0.1, 0.15) is 13.2 Å². The lowest BCUT2D eigenvalue weighted by molar-refractivity contribution is -0.120. The van der Waals surface area contributed by atoms with Crippen molar-refractivity contribution in [1.82, 2.24) is 10.2 Å². The molecule has 3 rings (SSSR count). The summed E-state index contributed by atoms with van der Waals surface area (Å²) in [4.78, 5) is 24.3. The molecule has 2 aromatic rings. The van der Waals surface area contributed by atoms with Gasteiger partial charge in [-0.1, -0.05) is 36.9 Å². The van der Waals surface area contributed by atoms with Crippen molar-refractivity contribution in [3.8, 4) is 11.5 Å². The molecule has 0 saturated heterocycles. The SMILES string of the molecule is CCC(CC)C(=O)Nc1nnc(SCC(=O)Nc2ccc3c(c2)OCCO3)s1. The van der Waals surface area contributed by atoms with E-state index in [9.17, 15) is 9.59 Å². The maximum absolute atomic E-state index is 12.2. The van der Waals surface area contributed by atoms with E-state index >= 15 is 0 Å². The molecule has 0 saturated carbocycles. The topological polar surface area (TPSA) is 102 Å². The van der Waals surface area contributed by atoms with Crippen molar-refractivity contribution in [2.45, 2.75) is 31.0 Å². The highest BCUT2D eigenvalue weighted by molar-refractivity contribution is 8.01. The van der Waals surface area contributed by atoms with Crippen LogP contribution in [0.25, 0.3) is 0 Å². The molecule has 2 N–H and O–H groups in total. The number of ether oxygens (including phenoxy) is 2. The normalized spacial score (nSPS) is 12.7. The molecule has 10 heteroatoms. The minimum atomic E-state index is -0.167. The van der Waals surface area contributed by atoms with Crippen molar-refractivity contribution in [3.05, 3.63) is 18.2 Å². The lowest BCUT2D eigenvalue weighted by Gasteiger charge is -2.18. The van der Waals surface area contributed by atoms with Gasteiger partial charge in [-0.25, -0.2) is 0 Å². The number of nitrogens with zero attached hydrogens (tertiary/aromatic N) is 2. The molecule has 1 aliphatic heterocycles. The summed E-state index contributed by atoms with van der Waals surface area (Å²) in [6.45, 7) is 4.98. The number of carbonyl (C=O) groups is 2. The Balaban J connectivity index is 1.48. The van der Waals surface area contributed by atoms with Crippen LogP contribution in [0, 0.1) is 5.92 Å². The molecule has 0 aliphatic carbocycles. The number of hydrogen-bond donors (Lipinski definition) is 2. The maximum atomic E-state index is 12.2. The summed E-state index contributed by atoms with van der Waals surface area (Å²) in [7, 11) is 0. The van der Waals surface area contributed by atoms with Crippen LogP contribution in [0.4, 0.5) is 10.8 Å². The van der Waals surface area contributed by atoms with Crippen LogP contribution < -0.4 is 20.1 Å². The molecule has 0 unspecified atom stereocenters. The molecule has 8 nitrogen and oxygen atoms in total. The number of carbonyl (C=O) groups excluding carboxylic acids is 2. The first-order valence-electron chi connectivity index (χ1n) is 9.05. The molecular weight excluding hydrogens is 400 g/mol. The third-order valence-corrected chi connectivity index (χ3v) is 6.12. The van der Waals surface area contributed by atoms with E-state index in [-0.39, 0.29) is 23.5 Å². The smallest absolute Gasteiger partial charge is 0.234 e. The van der Waals surface area contributed by atoms with Gasteiger partial charge >= 0.3 is 0 Å². The van der Waals surface area contributed by atoms with Crippen LogP contribution in [0.5, 0.6) is 11.5 Å². The van der Waals surface area contributed by atoms with Crippen LogP contribution in [0.2, 0.25) is 0 Å². The zero-order valence-electron chi connectivity index (χ0n) is 15.7.